The number of ether oxygens (including phenoxy) is 1. The molecule has 0 saturated heterocycles. The summed E-state index contributed by atoms with van der Waals surface area (Å²) in [5.74, 6) is -0.337. The van der Waals surface area contributed by atoms with Crippen LogP contribution in [0.5, 0.6) is 0 Å². The van der Waals surface area contributed by atoms with E-state index >= 15 is 0 Å². The molecule has 0 N–H and O–H groups in total. The third-order valence-corrected chi connectivity index (χ3v) is 2.38. The molecule has 2 aromatic carbocycles. The third-order valence-electron chi connectivity index (χ3n) is 2.38. The van der Waals surface area contributed by atoms with Crippen molar-refractivity contribution < 1.29 is 13.9 Å². The van der Waals surface area contributed by atoms with E-state index in [9.17, 15) is 9.18 Å². The third kappa shape index (κ3) is 2.91. The summed E-state index contributed by atoms with van der Waals surface area (Å²) in [6, 6.07) is 14.1. The summed E-state index contributed by atoms with van der Waals surface area (Å²) in [4.78, 5) is 10.1. The SMILES string of the molecule is O=COCc1cc(F)cc(-c2ccccc2)c1. The van der Waals surface area contributed by atoms with Crippen molar-refractivity contribution in [2.24, 2.45) is 0 Å². The molecule has 2 aromatic rings. The Balaban J connectivity index is 2.35. The average molecular weight is 230 g/mol. The molecule has 3 heteroatoms. The van der Waals surface area contributed by atoms with Crippen molar-refractivity contribution >= 4 is 6.47 Å². The van der Waals surface area contributed by atoms with Crippen molar-refractivity contribution in [2.75, 3.05) is 0 Å². The lowest BCUT2D eigenvalue weighted by Crippen LogP contribution is -1.92. The van der Waals surface area contributed by atoms with Crippen molar-refractivity contribution in [3.63, 3.8) is 0 Å². The maximum absolute atomic E-state index is 13.4. The van der Waals surface area contributed by atoms with Gasteiger partial charge in [0, 0.05) is 0 Å². The Bertz CT molecular complexity index is 509. The van der Waals surface area contributed by atoms with Gasteiger partial charge >= 0.3 is 0 Å². The van der Waals surface area contributed by atoms with E-state index in [1.165, 1.54) is 12.1 Å². The molecule has 86 valence electrons. The van der Waals surface area contributed by atoms with Crippen LogP contribution in [0, 0.1) is 5.82 Å². The van der Waals surface area contributed by atoms with Gasteiger partial charge in [-0.25, -0.2) is 4.39 Å². The van der Waals surface area contributed by atoms with E-state index in [-0.39, 0.29) is 12.4 Å². The molecule has 0 spiro atoms. The summed E-state index contributed by atoms with van der Waals surface area (Å²) in [5.41, 5.74) is 2.34. The summed E-state index contributed by atoms with van der Waals surface area (Å²) >= 11 is 0. The van der Waals surface area contributed by atoms with Crippen molar-refractivity contribution in [3.8, 4) is 11.1 Å². The number of hydrogen-bond acceptors (Lipinski definition) is 2. The molecule has 0 heterocycles. The van der Waals surface area contributed by atoms with Gasteiger partial charge in [-0.1, -0.05) is 30.3 Å². The maximum Gasteiger partial charge on any atom is 0.293 e. The molecule has 0 aromatic heterocycles. The van der Waals surface area contributed by atoms with Crippen LogP contribution in [0.4, 0.5) is 4.39 Å². The van der Waals surface area contributed by atoms with Gasteiger partial charge in [0.05, 0.1) is 0 Å². The summed E-state index contributed by atoms with van der Waals surface area (Å²) in [6.07, 6.45) is 0. The van der Waals surface area contributed by atoms with Crippen LogP contribution in [-0.2, 0) is 16.1 Å². The van der Waals surface area contributed by atoms with Crippen molar-refractivity contribution in [2.45, 2.75) is 6.61 Å². The zero-order valence-corrected chi connectivity index (χ0v) is 9.10. The number of rotatable bonds is 4. The minimum absolute atomic E-state index is 0.0844. The van der Waals surface area contributed by atoms with E-state index in [2.05, 4.69) is 4.74 Å². The van der Waals surface area contributed by atoms with Gasteiger partial charge in [-0.15, -0.1) is 0 Å². The van der Waals surface area contributed by atoms with Crippen LogP contribution in [0.15, 0.2) is 48.5 Å². The summed E-state index contributed by atoms with van der Waals surface area (Å²) < 4.78 is 18.0. The van der Waals surface area contributed by atoms with E-state index in [0.29, 0.717) is 12.0 Å². The van der Waals surface area contributed by atoms with E-state index in [4.69, 9.17) is 0 Å². The fourth-order valence-electron chi connectivity index (χ4n) is 1.66. The largest absolute Gasteiger partial charge is 0.463 e. The Labute approximate surface area is 98.7 Å². The topological polar surface area (TPSA) is 26.3 Å². The summed E-state index contributed by atoms with van der Waals surface area (Å²) in [5, 5.41) is 0. The van der Waals surface area contributed by atoms with Gasteiger partial charge in [0.2, 0.25) is 0 Å². The highest BCUT2D eigenvalue weighted by Crippen LogP contribution is 2.22. The molecule has 0 amide bonds. The molecule has 0 aliphatic rings. The number of carbonyl (C=O) groups excluding carboxylic acids is 1. The zero-order chi connectivity index (χ0) is 12.1. The first-order chi connectivity index (χ1) is 8.29. The minimum atomic E-state index is -0.337. The van der Waals surface area contributed by atoms with Crippen LogP contribution in [0.25, 0.3) is 11.1 Å². The van der Waals surface area contributed by atoms with Crippen LogP contribution >= 0.6 is 0 Å². The van der Waals surface area contributed by atoms with E-state index in [1.54, 1.807) is 0 Å². The second-order valence-electron chi connectivity index (χ2n) is 3.62. The Hall–Kier alpha value is -2.16. The van der Waals surface area contributed by atoms with Crippen LogP contribution in [0.3, 0.4) is 0 Å². The number of carbonyl (C=O) groups is 1. The lowest BCUT2D eigenvalue weighted by atomic mass is 10.0. The quantitative estimate of drug-likeness (QED) is 0.754. The summed E-state index contributed by atoms with van der Waals surface area (Å²) in [7, 11) is 0. The van der Waals surface area contributed by atoms with Crippen LogP contribution < -0.4 is 0 Å². The van der Waals surface area contributed by atoms with E-state index < -0.39 is 0 Å². The van der Waals surface area contributed by atoms with Gasteiger partial charge in [0.25, 0.3) is 6.47 Å². The maximum atomic E-state index is 13.4. The Morgan fingerprint density at radius 3 is 2.53 bits per heavy atom. The molecular weight excluding hydrogens is 219 g/mol. The molecule has 0 fully saturated rings. The monoisotopic (exact) mass is 230 g/mol. The second-order valence-corrected chi connectivity index (χ2v) is 3.62. The highest BCUT2D eigenvalue weighted by Gasteiger charge is 2.03. The normalized spacial score (nSPS) is 9.94. The zero-order valence-electron chi connectivity index (χ0n) is 9.10. The Kier molecular flexibility index (Phi) is 3.50. The standard InChI is InChI=1S/C14H11FO2/c15-14-7-11(9-17-10-16)6-13(8-14)12-4-2-1-3-5-12/h1-8,10H,9H2. The van der Waals surface area contributed by atoms with Crippen LogP contribution in [-0.4, -0.2) is 6.47 Å². The first-order valence-corrected chi connectivity index (χ1v) is 5.20. The average Bonchev–Trinajstić information content (AvgIpc) is 2.37. The Morgan fingerprint density at radius 1 is 1.06 bits per heavy atom. The highest BCUT2D eigenvalue weighted by molar-refractivity contribution is 5.64. The van der Waals surface area contributed by atoms with E-state index in [1.807, 2.05) is 36.4 Å². The molecule has 0 aliphatic carbocycles. The van der Waals surface area contributed by atoms with Gasteiger partial charge in [0.15, 0.2) is 0 Å². The number of benzene rings is 2. The molecule has 0 unspecified atom stereocenters. The molecule has 0 saturated carbocycles. The van der Waals surface area contributed by atoms with Gasteiger partial charge < -0.3 is 4.74 Å². The number of hydrogen-bond donors (Lipinski definition) is 0. The fraction of sp³-hybridized carbons (Fsp3) is 0.0714. The molecule has 0 bridgehead atoms. The van der Waals surface area contributed by atoms with Crippen LogP contribution in [0.1, 0.15) is 5.56 Å². The molecule has 2 nitrogen and oxygen atoms in total. The Morgan fingerprint density at radius 2 is 1.82 bits per heavy atom. The molecule has 0 aliphatic heterocycles. The number of halogens is 1. The highest BCUT2D eigenvalue weighted by atomic mass is 19.1. The van der Waals surface area contributed by atoms with Gasteiger partial charge in [-0.2, -0.15) is 0 Å². The smallest absolute Gasteiger partial charge is 0.293 e. The van der Waals surface area contributed by atoms with Gasteiger partial charge in [-0.3, -0.25) is 4.79 Å². The first-order valence-electron chi connectivity index (χ1n) is 5.20. The van der Waals surface area contributed by atoms with Gasteiger partial charge in [0.1, 0.15) is 12.4 Å². The first kappa shape index (κ1) is 11.3. The van der Waals surface area contributed by atoms with Gasteiger partial charge in [-0.05, 0) is 34.9 Å². The van der Waals surface area contributed by atoms with Crippen molar-refractivity contribution in [1.29, 1.82) is 0 Å². The molecule has 0 atom stereocenters. The molecular formula is C14H11FO2. The van der Waals surface area contributed by atoms with Crippen molar-refractivity contribution in [1.82, 2.24) is 0 Å². The molecule has 2 rings (SSSR count). The van der Waals surface area contributed by atoms with E-state index in [0.717, 1.165) is 11.1 Å². The molecule has 0 radical (unpaired) electrons. The lowest BCUT2D eigenvalue weighted by Gasteiger charge is -2.05. The molecule has 17 heavy (non-hydrogen) atoms. The lowest BCUT2D eigenvalue weighted by molar-refractivity contribution is -0.129. The minimum Gasteiger partial charge on any atom is -0.463 e. The van der Waals surface area contributed by atoms with Crippen LogP contribution in [0.2, 0.25) is 0 Å². The predicted octanol–water partition coefficient (Wildman–Crippen LogP) is 3.17. The predicted molar refractivity (Wildman–Crippen MR) is 62.7 cm³/mol. The second kappa shape index (κ2) is 5.25. The fourth-order valence-corrected chi connectivity index (χ4v) is 1.66. The summed E-state index contributed by atoms with van der Waals surface area (Å²) in [6.45, 7) is 0.439. The van der Waals surface area contributed by atoms with Crippen molar-refractivity contribution in [3.05, 3.63) is 59.9 Å².